The van der Waals surface area contributed by atoms with E-state index in [1.165, 1.54) is 37.4 Å². The summed E-state index contributed by atoms with van der Waals surface area (Å²) in [6.07, 6.45) is -9.57. The zero-order chi connectivity index (χ0) is 25.5. The molecule has 0 spiro atoms. The molecule has 0 saturated heterocycles. The van der Waals surface area contributed by atoms with Crippen molar-refractivity contribution in [2.24, 2.45) is 0 Å². The first-order valence-electron chi connectivity index (χ1n) is 10.8. The van der Waals surface area contributed by atoms with Crippen LogP contribution >= 0.6 is 0 Å². The van der Waals surface area contributed by atoms with E-state index in [4.69, 9.17) is 4.74 Å². The minimum absolute atomic E-state index is 0.0778. The fourth-order valence-corrected chi connectivity index (χ4v) is 4.50. The highest BCUT2D eigenvalue weighted by Crippen LogP contribution is 2.41. The molecule has 3 aromatic rings. The summed E-state index contributed by atoms with van der Waals surface area (Å²) in [5.74, 6) is -1.00. The van der Waals surface area contributed by atoms with E-state index in [2.05, 4.69) is 0 Å². The van der Waals surface area contributed by atoms with E-state index < -0.39 is 47.4 Å². The van der Waals surface area contributed by atoms with E-state index in [1.54, 1.807) is 12.1 Å². The van der Waals surface area contributed by atoms with Crippen molar-refractivity contribution in [2.75, 3.05) is 0 Å². The number of benzene rings is 2. The van der Waals surface area contributed by atoms with E-state index in [0.29, 0.717) is 41.8 Å². The smallest absolute Gasteiger partial charge is 0.370 e. The van der Waals surface area contributed by atoms with Crippen LogP contribution in [0, 0.1) is 5.82 Å². The third kappa shape index (κ3) is 5.27. The van der Waals surface area contributed by atoms with E-state index in [9.17, 15) is 35.9 Å². The van der Waals surface area contributed by atoms with Gasteiger partial charge in [-0.15, -0.1) is 0 Å². The van der Waals surface area contributed by atoms with Crippen LogP contribution in [0.3, 0.4) is 0 Å². The molecule has 1 aromatic heterocycles. The van der Waals surface area contributed by atoms with Gasteiger partial charge in [-0.1, -0.05) is 12.1 Å². The number of fused-ring (bicyclic) bond motifs is 1. The number of pyridine rings is 1. The molecule has 2 aromatic carbocycles. The van der Waals surface area contributed by atoms with Crippen LogP contribution in [0.15, 0.2) is 60.8 Å². The summed E-state index contributed by atoms with van der Waals surface area (Å²) in [5.41, 5.74) is -1.19. The van der Waals surface area contributed by atoms with Crippen LogP contribution in [-0.4, -0.2) is 11.3 Å². The first-order valence-corrected chi connectivity index (χ1v) is 10.8. The van der Waals surface area contributed by atoms with Crippen molar-refractivity contribution in [3.05, 3.63) is 100 Å². The first-order chi connectivity index (χ1) is 16.3. The van der Waals surface area contributed by atoms with Crippen LogP contribution in [0.4, 0.5) is 30.7 Å². The molecule has 0 fully saturated rings. The summed E-state index contributed by atoms with van der Waals surface area (Å²) in [6, 6.07) is 10.3. The van der Waals surface area contributed by atoms with Gasteiger partial charge >= 0.3 is 12.4 Å². The molecule has 10 heteroatoms. The van der Waals surface area contributed by atoms with Gasteiger partial charge in [0.15, 0.2) is 0 Å². The molecule has 0 saturated carbocycles. The molecule has 0 unspecified atom stereocenters. The molecule has 1 aliphatic rings. The van der Waals surface area contributed by atoms with Gasteiger partial charge in [-0.2, -0.15) is 26.3 Å². The first kappa shape index (κ1) is 25.0. The molecule has 1 heterocycles. The second kappa shape index (κ2) is 9.14. The highest BCUT2D eigenvalue weighted by molar-refractivity contribution is 5.38. The molecule has 186 valence electrons. The van der Waals surface area contributed by atoms with Crippen molar-refractivity contribution in [3.8, 4) is 0 Å². The molecule has 3 atom stereocenters. The van der Waals surface area contributed by atoms with Gasteiger partial charge < -0.3 is 4.74 Å². The maximum atomic E-state index is 13.6. The second-order valence-electron chi connectivity index (χ2n) is 8.48. The van der Waals surface area contributed by atoms with Crippen LogP contribution in [0.25, 0.3) is 0 Å². The lowest BCUT2D eigenvalue weighted by atomic mass is 9.78. The average molecular weight is 500 g/mol. The van der Waals surface area contributed by atoms with Crippen LogP contribution in [-0.2, 0) is 23.5 Å². The van der Waals surface area contributed by atoms with Crippen LogP contribution in [0.1, 0.15) is 58.9 Å². The summed E-state index contributed by atoms with van der Waals surface area (Å²) >= 11 is 0. The Morgan fingerprint density at radius 3 is 2.11 bits per heavy atom. The Kier molecular flexibility index (Phi) is 6.52. The number of halogens is 7. The molecule has 0 radical (unpaired) electrons. The normalized spacial score (nSPS) is 19.3. The van der Waals surface area contributed by atoms with Crippen molar-refractivity contribution >= 4 is 0 Å². The summed E-state index contributed by atoms with van der Waals surface area (Å²) < 4.78 is 100. The number of nitrogens with zero attached hydrogens (tertiary/aromatic N) is 1. The molecule has 0 amide bonds. The third-order valence-corrected chi connectivity index (χ3v) is 6.17. The van der Waals surface area contributed by atoms with Gasteiger partial charge in [-0.25, -0.2) is 4.39 Å². The molecule has 0 aliphatic heterocycles. The number of alkyl halides is 6. The van der Waals surface area contributed by atoms with Gasteiger partial charge in [0.2, 0.25) is 11.9 Å². The molecule has 1 aliphatic carbocycles. The van der Waals surface area contributed by atoms with Crippen molar-refractivity contribution in [3.63, 3.8) is 0 Å². The number of ether oxygens (including phenoxy) is 1. The molecular formula is C25H21F7NO2+. The Balaban J connectivity index is 1.72. The van der Waals surface area contributed by atoms with E-state index >= 15 is 0 Å². The Morgan fingerprint density at radius 1 is 0.943 bits per heavy atom. The minimum Gasteiger partial charge on any atom is -0.370 e. The maximum absolute atomic E-state index is 13.6. The van der Waals surface area contributed by atoms with Gasteiger partial charge in [-0.05, 0) is 60.9 Å². The standard InChI is InChI=1S/C25H21F7NO2/c1-14(16-11-17(24(27,28)29)13-18(12-16)25(30,31)32)35-22-9-8-21-20(3-2-10-33(21)34)23(22)15-4-6-19(26)7-5-15/h2-7,10-14,22-23,34H,8-9H2,1H3/q+1/t14-,22-,23+/m0/s1. The SMILES string of the molecule is C[C@H](O[C@H]1CCc2c(ccc[n+]2O)[C@H]1c1ccc(F)cc1)c1cc(C(F)(F)F)cc(C(F)(F)F)c1. The minimum atomic E-state index is -4.97. The monoisotopic (exact) mass is 500 g/mol. The van der Waals surface area contributed by atoms with Gasteiger partial charge in [-0.3, -0.25) is 5.21 Å². The topological polar surface area (TPSA) is 33.3 Å². The predicted molar refractivity (Wildman–Crippen MR) is 110 cm³/mol. The number of rotatable bonds is 4. The molecular weight excluding hydrogens is 479 g/mol. The average Bonchev–Trinajstić information content (AvgIpc) is 2.78. The summed E-state index contributed by atoms with van der Waals surface area (Å²) in [5, 5.41) is 10.2. The van der Waals surface area contributed by atoms with E-state index in [1.807, 2.05) is 0 Å². The van der Waals surface area contributed by atoms with Crippen molar-refractivity contribution in [2.45, 2.75) is 50.2 Å². The van der Waals surface area contributed by atoms with E-state index in [0.717, 1.165) is 4.73 Å². The molecule has 3 nitrogen and oxygen atoms in total. The van der Waals surface area contributed by atoms with Crippen molar-refractivity contribution in [1.82, 2.24) is 0 Å². The third-order valence-electron chi connectivity index (χ3n) is 6.17. The lowest BCUT2D eigenvalue weighted by molar-refractivity contribution is -0.910. The molecule has 0 bridgehead atoms. The van der Waals surface area contributed by atoms with E-state index in [-0.39, 0.29) is 11.6 Å². The maximum Gasteiger partial charge on any atom is 0.416 e. The summed E-state index contributed by atoms with van der Waals surface area (Å²) in [4.78, 5) is 0. The Morgan fingerprint density at radius 2 is 1.54 bits per heavy atom. The molecule has 1 N–H and O–H groups in total. The van der Waals surface area contributed by atoms with Gasteiger partial charge in [0.05, 0.1) is 23.3 Å². The summed E-state index contributed by atoms with van der Waals surface area (Å²) in [7, 11) is 0. The van der Waals surface area contributed by atoms with Gasteiger partial charge in [0, 0.05) is 28.7 Å². The fraction of sp³-hybridized carbons (Fsp3) is 0.320. The lowest BCUT2D eigenvalue weighted by Crippen LogP contribution is -2.41. The number of aromatic nitrogens is 1. The highest BCUT2D eigenvalue weighted by atomic mass is 19.4. The largest absolute Gasteiger partial charge is 0.416 e. The Hall–Kier alpha value is -3.14. The lowest BCUT2D eigenvalue weighted by Gasteiger charge is -2.34. The summed E-state index contributed by atoms with van der Waals surface area (Å²) in [6.45, 7) is 1.39. The zero-order valence-electron chi connectivity index (χ0n) is 18.4. The van der Waals surface area contributed by atoms with Gasteiger partial charge in [0.1, 0.15) is 5.82 Å². The number of hydrogen-bond donors (Lipinski definition) is 1. The van der Waals surface area contributed by atoms with Crippen LogP contribution in [0.5, 0.6) is 0 Å². The fourth-order valence-electron chi connectivity index (χ4n) is 4.50. The van der Waals surface area contributed by atoms with Crippen LogP contribution < -0.4 is 4.73 Å². The van der Waals surface area contributed by atoms with Crippen LogP contribution in [0.2, 0.25) is 0 Å². The van der Waals surface area contributed by atoms with Crippen molar-refractivity contribution < 1.29 is 45.4 Å². The second-order valence-corrected chi connectivity index (χ2v) is 8.48. The van der Waals surface area contributed by atoms with Crippen molar-refractivity contribution in [1.29, 1.82) is 0 Å². The predicted octanol–water partition coefficient (Wildman–Crippen LogP) is 6.61. The molecule has 35 heavy (non-hydrogen) atoms. The van der Waals surface area contributed by atoms with Gasteiger partial charge in [0.25, 0.3) is 0 Å². The highest BCUT2D eigenvalue weighted by Gasteiger charge is 2.40. The Labute approximate surface area is 196 Å². The quantitative estimate of drug-likeness (QED) is 0.248. The zero-order valence-corrected chi connectivity index (χ0v) is 18.4. The molecule has 4 rings (SSSR count). The number of hydrogen-bond acceptors (Lipinski definition) is 2. The Bertz CT molecular complexity index is 1170.